The number of nitrogens with zero attached hydrogens (tertiary/aromatic N) is 1. The Morgan fingerprint density at radius 1 is 1.69 bits per heavy atom. The third-order valence-corrected chi connectivity index (χ3v) is 1.81. The van der Waals surface area contributed by atoms with E-state index >= 15 is 0 Å². The van der Waals surface area contributed by atoms with Crippen molar-refractivity contribution in [1.82, 2.24) is 0 Å². The van der Waals surface area contributed by atoms with Gasteiger partial charge in [-0.05, 0) is 12.3 Å². The molecule has 0 amide bonds. The summed E-state index contributed by atoms with van der Waals surface area (Å²) in [5.74, 6) is -1.13. The Kier molecular flexibility index (Phi) is 4.12. The fourth-order valence-corrected chi connectivity index (χ4v) is 1.24. The summed E-state index contributed by atoms with van der Waals surface area (Å²) in [7, 11) is 0. The molecule has 0 saturated heterocycles. The average Bonchev–Trinajstić information content (AvgIpc) is 2.02. The third kappa shape index (κ3) is 2.86. The predicted octanol–water partition coefficient (Wildman–Crippen LogP) is 1.22. The van der Waals surface area contributed by atoms with Gasteiger partial charge in [-0.1, -0.05) is 13.8 Å². The number of hydrogen-bond donors (Lipinski definition) is 1. The van der Waals surface area contributed by atoms with Crippen LogP contribution in [-0.2, 0) is 9.59 Å². The molecule has 0 rings (SSSR count). The molecule has 4 nitrogen and oxygen atoms in total. The Balaban J connectivity index is 4.77. The van der Waals surface area contributed by atoms with Gasteiger partial charge in [0.05, 0.1) is 6.07 Å². The van der Waals surface area contributed by atoms with Crippen LogP contribution in [-0.4, -0.2) is 17.4 Å². The van der Waals surface area contributed by atoms with Crippen LogP contribution in [0.5, 0.6) is 0 Å². The lowest BCUT2D eigenvalue weighted by atomic mass is 9.79. The molecular formula is C9H13NO3. The van der Waals surface area contributed by atoms with Gasteiger partial charge in [0.25, 0.3) is 0 Å². The minimum Gasteiger partial charge on any atom is -0.480 e. The zero-order valence-corrected chi connectivity index (χ0v) is 7.78. The Labute approximate surface area is 77.2 Å². The molecule has 13 heavy (non-hydrogen) atoms. The Bertz CT molecular complexity index is 242. The SMILES string of the molecule is CC(C)CC(C#N)(CC=O)C(=O)O. The number of aliphatic carboxylic acids is 1. The van der Waals surface area contributed by atoms with E-state index < -0.39 is 11.4 Å². The molecule has 72 valence electrons. The smallest absolute Gasteiger partial charge is 0.324 e. The van der Waals surface area contributed by atoms with Crippen molar-refractivity contribution in [3.05, 3.63) is 0 Å². The fourth-order valence-electron chi connectivity index (χ4n) is 1.24. The van der Waals surface area contributed by atoms with Crippen LogP contribution >= 0.6 is 0 Å². The third-order valence-electron chi connectivity index (χ3n) is 1.81. The fraction of sp³-hybridized carbons (Fsp3) is 0.667. The molecule has 1 N–H and O–H groups in total. The van der Waals surface area contributed by atoms with E-state index in [0.717, 1.165) is 0 Å². The average molecular weight is 183 g/mol. The highest BCUT2D eigenvalue weighted by atomic mass is 16.4. The molecule has 4 heteroatoms. The van der Waals surface area contributed by atoms with E-state index in [1.807, 2.05) is 13.8 Å². The Morgan fingerprint density at radius 2 is 2.23 bits per heavy atom. The van der Waals surface area contributed by atoms with E-state index in [1.165, 1.54) is 0 Å². The molecule has 0 aromatic carbocycles. The minimum absolute atomic E-state index is 0.0794. The van der Waals surface area contributed by atoms with Gasteiger partial charge in [0.1, 0.15) is 6.29 Å². The number of rotatable bonds is 5. The number of nitriles is 1. The molecule has 1 atom stereocenters. The molecular weight excluding hydrogens is 170 g/mol. The summed E-state index contributed by atoms with van der Waals surface area (Å²) in [4.78, 5) is 21.0. The topological polar surface area (TPSA) is 78.2 Å². The molecule has 1 unspecified atom stereocenters. The van der Waals surface area contributed by atoms with E-state index in [0.29, 0.717) is 6.29 Å². The summed E-state index contributed by atoms with van der Waals surface area (Å²) < 4.78 is 0. The number of aldehydes is 1. The zero-order valence-electron chi connectivity index (χ0n) is 7.78. The van der Waals surface area contributed by atoms with Gasteiger partial charge in [-0.3, -0.25) is 4.79 Å². The van der Waals surface area contributed by atoms with Gasteiger partial charge in [0.2, 0.25) is 0 Å². The summed E-state index contributed by atoms with van der Waals surface area (Å²) in [6.07, 6.45) is 0.453. The summed E-state index contributed by atoms with van der Waals surface area (Å²) in [5.41, 5.74) is -1.53. The quantitative estimate of drug-likeness (QED) is 0.650. The van der Waals surface area contributed by atoms with E-state index in [-0.39, 0.29) is 18.8 Å². The summed E-state index contributed by atoms with van der Waals surface area (Å²) in [6.45, 7) is 3.64. The molecule has 0 radical (unpaired) electrons. The van der Waals surface area contributed by atoms with Crippen LogP contribution < -0.4 is 0 Å². The van der Waals surface area contributed by atoms with Crippen LogP contribution in [0.2, 0.25) is 0 Å². The zero-order chi connectivity index (χ0) is 10.5. The molecule has 0 spiro atoms. The van der Waals surface area contributed by atoms with Crippen LogP contribution in [0.1, 0.15) is 26.7 Å². The highest BCUT2D eigenvalue weighted by Gasteiger charge is 2.39. The molecule has 0 heterocycles. The van der Waals surface area contributed by atoms with Crippen molar-refractivity contribution in [2.75, 3.05) is 0 Å². The first-order valence-electron chi connectivity index (χ1n) is 4.07. The van der Waals surface area contributed by atoms with Crippen LogP contribution in [0.4, 0.5) is 0 Å². The number of carbonyl (C=O) groups is 2. The van der Waals surface area contributed by atoms with Gasteiger partial charge in [-0.2, -0.15) is 5.26 Å². The van der Waals surface area contributed by atoms with Crippen molar-refractivity contribution in [2.24, 2.45) is 11.3 Å². The van der Waals surface area contributed by atoms with Crippen molar-refractivity contribution in [3.8, 4) is 6.07 Å². The van der Waals surface area contributed by atoms with Crippen LogP contribution in [0.25, 0.3) is 0 Å². The van der Waals surface area contributed by atoms with E-state index in [9.17, 15) is 9.59 Å². The van der Waals surface area contributed by atoms with Gasteiger partial charge in [-0.15, -0.1) is 0 Å². The maximum absolute atomic E-state index is 10.8. The first-order valence-corrected chi connectivity index (χ1v) is 4.07. The van der Waals surface area contributed by atoms with Crippen molar-refractivity contribution in [3.63, 3.8) is 0 Å². The second-order valence-corrected chi connectivity index (χ2v) is 3.47. The summed E-state index contributed by atoms with van der Waals surface area (Å²) >= 11 is 0. The van der Waals surface area contributed by atoms with Crippen molar-refractivity contribution in [1.29, 1.82) is 5.26 Å². The summed E-state index contributed by atoms with van der Waals surface area (Å²) in [6, 6.07) is 1.72. The van der Waals surface area contributed by atoms with Crippen LogP contribution in [0.3, 0.4) is 0 Å². The molecule has 0 bridgehead atoms. The van der Waals surface area contributed by atoms with E-state index in [1.54, 1.807) is 6.07 Å². The molecule has 0 fully saturated rings. The maximum Gasteiger partial charge on any atom is 0.324 e. The Hall–Kier alpha value is -1.37. The first kappa shape index (κ1) is 11.6. The lowest BCUT2D eigenvalue weighted by Gasteiger charge is -2.20. The highest BCUT2D eigenvalue weighted by molar-refractivity contribution is 5.81. The molecule has 0 aromatic rings. The Morgan fingerprint density at radius 3 is 2.46 bits per heavy atom. The van der Waals surface area contributed by atoms with E-state index in [4.69, 9.17) is 10.4 Å². The van der Waals surface area contributed by atoms with Crippen molar-refractivity contribution in [2.45, 2.75) is 26.7 Å². The number of carboxylic acid groups (broad SMARTS) is 1. The monoisotopic (exact) mass is 183 g/mol. The van der Waals surface area contributed by atoms with Crippen molar-refractivity contribution < 1.29 is 14.7 Å². The predicted molar refractivity (Wildman–Crippen MR) is 45.8 cm³/mol. The van der Waals surface area contributed by atoms with Gasteiger partial charge < -0.3 is 9.90 Å². The molecule has 0 aliphatic heterocycles. The standard InChI is InChI=1S/C9H13NO3/c1-7(2)5-9(6-10,3-4-11)8(12)13/h4,7H,3,5H2,1-2H3,(H,12,13). The van der Waals surface area contributed by atoms with E-state index in [2.05, 4.69) is 0 Å². The van der Waals surface area contributed by atoms with Crippen molar-refractivity contribution >= 4 is 12.3 Å². The van der Waals surface area contributed by atoms with Crippen LogP contribution in [0.15, 0.2) is 0 Å². The molecule has 0 aliphatic rings. The van der Waals surface area contributed by atoms with Crippen LogP contribution in [0, 0.1) is 22.7 Å². The maximum atomic E-state index is 10.8. The number of hydrogen-bond acceptors (Lipinski definition) is 3. The molecule has 0 saturated carbocycles. The molecule has 0 aliphatic carbocycles. The lowest BCUT2D eigenvalue weighted by molar-refractivity contribution is -0.147. The van der Waals surface area contributed by atoms with Gasteiger partial charge in [-0.25, -0.2) is 0 Å². The number of carbonyl (C=O) groups excluding carboxylic acids is 1. The highest BCUT2D eigenvalue weighted by Crippen LogP contribution is 2.29. The van der Waals surface area contributed by atoms with Gasteiger partial charge in [0.15, 0.2) is 5.41 Å². The first-order chi connectivity index (χ1) is 5.98. The number of carboxylic acids is 1. The second-order valence-electron chi connectivity index (χ2n) is 3.47. The minimum atomic E-state index is -1.53. The second kappa shape index (κ2) is 4.61. The summed E-state index contributed by atoms with van der Waals surface area (Å²) in [5, 5.41) is 17.6. The lowest BCUT2D eigenvalue weighted by Crippen LogP contribution is -2.31. The van der Waals surface area contributed by atoms with Gasteiger partial charge >= 0.3 is 5.97 Å². The largest absolute Gasteiger partial charge is 0.480 e. The normalized spacial score (nSPS) is 14.6. The van der Waals surface area contributed by atoms with Gasteiger partial charge in [0, 0.05) is 6.42 Å². The molecule has 0 aromatic heterocycles.